The van der Waals surface area contributed by atoms with E-state index in [0.717, 1.165) is 41.7 Å². The Bertz CT molecular complexity index is 1090. The molecule has 1 aliphatic carbocycles. The van der Waals surface area contributed by atoms with Crippen molar-refractivity contribution in [1.82, 2.24) is 0 Å². The van der Waals surface area contributed by atoms with Crippen molar-refractivity contribution >= 4 is 51.4 Å². The van der Waals surface area contributed by atoms with Gasteiger partial charge in [-0.15, -0.1) is 11.3 Å². The number of hydrogen-bond acceptors (Lipinski definition) is 6. The molecule has 0 radical (unpaired) electrons. The maximum Gasteiger partial charge on any atom is 0.341 e. The van der Waals surface area contributed by atoms with E-state index < -0.39 is 18.5 Å². The van der Waals surface area contributed by atoms with E-state index >= 15 is 0 Å². The first kappa shape index (κ1) is 23.8. The SMILES string of the molecule is CC(=O)Nc1sc2c(c1C(=O)OCC(=O)N(CCC#N)c1ccc(Cl)c(C)c1)CCCC2. The number of nitrogens with one attached hydrogen (secondary N) is 1. The number of esters is 1. The largest absolute Gasteiger partial charge is 0.452 e. The third-order valence-electron chi connectivity index (χ3n) is 5.19. The molecule has 1 heterocycles. The molecule has 0 spiro atoms. The molecule has 1 aromatic carbocycles. The Kier molecular flexibility index (Phi) is 7.89. The number of carbonyl (C=O) groups is 3. The Labute approximate surface area is 195 Å². The van der Waals surface area contributed by atoms with Crippen LogP contribution >= 0.6 is 22.9 Å². The van der Waals surface area contributed by atoms with Crippen LogP contribution in [0.5, 0.6) is 0 Å². The number of halogens is 1. The maximum atomic E-state index is 12.9. The molecule has 0 unspecified atom stereocenters. The van der Waals surface area contributed by atoms with Crippen molar-refractivity contribution in [2.75, 3.05) is 23.4 Å². The monoisotopic (exact) mass is 473 g/mol. The van der Waals surface area contributed by atoms with Crippen molar-refractivity contribution in [2.24, 2.45) is 0 Å². The number of fused-ring (bicyclic) bond motifs is 1. The standard InChI is InChI=1S/C23H24ClN3O4S/c1-14-12-16(8-9-18(14)24)27(11-5-10-25)20(29)13-31-23(30)21-17-6-3-4-7-19(17)32-22(21)26-15(2)28/h8-9,12H,3-7,11,13H2,1-2H3,(H,26,28). The first-order valence-corrected chi connectivity index (χ1v) is 11.5. The van der Waals surface area contributed by atoms with Gasteiger partial charge in [-0.2, -0.15) is 5.26 Å². The molecule has 3 rings (SSSR count). The minimum atomic E-state index is -0.631. The van der Waals surface area contributed by atoms with Gasteiger partial charge in [0.25, 0.3) is 5.91 Å². The number of amides is 2. The van der Waals surface area contributed by atoms with E-state index in [4.69, 9.17) is 21.6 Å². The highest BCUT2D eigenvalue weighted by Gasteiger charge is 2.28. The second-order valence-corrected chi connectivity index (χ2v) is 9.07. The van der Waals surface area contributed by atoms with Crippen LogP contribution in [-0.2, 0) is 27.2 Å². The molecule has 0 fully saturated rings. The Morgan fingerprint density at radius 3 is 2.72 bits per heavy atom. The van der Waals surface area contributed by atoms with E-state index in [0.29, 0.717) is 21.3 Å². The lowest BCUT2D eigenvalue weighted by Gasteiger charge is -2.22. The molecule has 1 aromatic heterocycles. The molecule has 2 aromatic rings. The number of anilines is 2. The topological polar surface area (TPSA) is 99.5 Å². The van der Waals surface area contributed by atoms with Gasteiger partial charge in [-0.25, -0.2) is 4.79 Å². The summed E-state index contributed by atoms with van der Waals surface area (Å²) in [5.41, 5.74) is 2.62. The van der Waals surface area contributed by atoms with Crippen LogP contribution in [0.3, 0.4) is 0 Å². The van der Waals surface area contributed by atoms with Crippen LogP contribution in [-0.4, -0.2) is 30.9 Å². The Hall–Kier alpha value is -2.89. The summed E-state index contributed by atoms with van der Waals surface area (Å²) in [6.07, 6.45) is 3.72. The van der Waals surface area contributed by atoms with Crippen LogP contribution in [0, 0.1) is 18.3 Å². The molecule has 1 N–H and O–H groups in total. The highest BCUT2D eigenvalue weighted by atomic mass is 35.5. The van der Waals surface area contributed by atoms with Crippen molar-refractivity contribution in [3.8, 4) is 6.07 Å². The first-order valence-electron chi connectivity index (χ1n) is 10.3. The van der Waals surface area contributed by atoms with Crippen LogP contribution in [0.15, 0.2) is 18.2 Å². The second-order valence-electron chi connectivity index (χ2n) is 7.56. The van der Waals surface area contributed by atoms with Gasteiger partial charge in [-0.05, 0) is 61.9 Å². The summed E-state index contributed by atoms with van der Waals surface area (Å²) in [4.78, 5) is 40.0. The van der Waals surface area contributed by atoms with E-state index in [2.05, 4.69) is 5.32 Å². The molecule has 0 atom stereocenters. The number of ether oxygens (including phenoxy) is 1. The smallest absolute Gasteiger partial charge is 0.341 e. The average molecular weight is 474 g/mol. The zero-order valence-electron chi connectivity index (χ0n) is 18.0. The normalized spacial score (nSPS) is 12.4. The highest BCUT2D eigenvalue weighted by molar-refractivity contribution is 7.17. The Balaban J connectivity index is 1.78. The van der Waals surface area contributed by atoms with Crippen LogP contribution in [0.2, 0.25) is 5.02 Å². The lowest BCUT2D eigenvalue weighted by Crippen LogP contribution is -2.35. The minimum absolute atomic E-state index is 0.131. The number of carbonyl (C=O) groups excluding carboxylic acids is 3. The van der Waals surface area contributed by atoms with Gasteiger partial charge in [0, 0.05) is 29.1 Å². The fourth-order valence-electron chi connectivity index (χ4n) is 3.66. The van der Waals surface area contributed by atoms with E-state index in [9.17, 15) is 14.4 Å². The fraction of sp³-hybridized carbons (Fsp3) is 0.391. The molecule has 0 aliphatic heterocycles. The van der Waals surface area contributed by atoms with Gasteiger partial charge in [0.1, 0.15) is 5.00 Å². The van der Waals surface area contributed by atoms with Crippen LogP contribution < -0.4 is 10.2 Å². The molecule has 9 heteroatoms. The Morgan fingerprint density at radius 2 is 2.03 bits per heavy atom. The zero-order chi connectivity index (χ0) is 23.3. The van der Waals surface area contributed by atoms with E-state index in [-0.39, 0.29) is 18.9 Å². The predicted molar refractivity (Wildman–Crippen MR) is 124 cm³/mol. The molecule has 7 nitrogen and oxygen atoms in total. The van der Waals surface area contributed by atoms with E-state index in [1.54, 1.807) is 18.2 Å². The molecule has 0 saturated heterocycles. The summed E-state index contributed by atoms with van der Waals surface area (Å²) in [6.45, 7) is 2.90. The van der Waals surface area contributed by atoms with Gasteiger partial charge in [0.2, 0.25) is 5.91 Å². The summed E-state index contributed by atoms with van der Waals surface area (Å²) in [5.74, 6) is -1.34. The number of benzene rings is 1. The third kappa shape index (κ3) is 5.47. The number of aryl methyl sites for hydroxylation is 2. The van der Waals surface area contributed by atoms with Crippen molar-refractivity contribution in [2.45, 2.75) is 46.0 Å². The Morgan fingerprint density at radius 1 is 1.28 bits per heavy atom. The molecule has 0 saturated carbocycles. The summed E-state index contributed by atoms with van der Waals surface area (Å²) in [6, 6.07) is 7.16. The van der Waals surface area contributed by atoms with Crippen molar-refractivity contribution in [3.05, 3.63) is 44.8 Å². The summed E-state index contributed by atoms with van der Waals surface area (Å²) in [5, 5.41) is 12.7. The van der Waals surface area contributed by atoms with Crippen molar-refractivity contribution in [3.63, 3.8) is 0 Å². The van der Waals surface area contributed by atoms with Crippen LogP contribution in [0.1, 0.15) is 52.5 Å². The quantitative estimate of drug-likeness (QED) is 0.590. The van der Waals surface area contributed by atoms with Gasteiger partial charge in [-0.3, -0.25) is 9.59 Å². The number of hydrogen-bond donors (Lipinski definition) is 1. The average Bonchev–Trinajstić information content (AvgIpc) is 3.11. The zero-order valence-corrected chi connectivity index (χ0v) is 19.6. The summed E-state index contributed by atoms with van der Waals surface area (Å²) < 4.78 is 5.39. The lowest BCUT2D eigenvalue weighted by atomic mass is 9.95. The summed E-state index contributed by atoms with van der Waals surface area (Å²) in [7, 11) is 0. The summed E-state index contributed by atoms with van der Waals surface area (Å²) >= 11 is 7.48. The number of rotatable bonds is 7. The third-order valence-corrected chi connectivity index (χ3v) is 6.82. The van der Waals surface area contributed by atoms with E-state index in [1.807, 2.05) is 13.0 Å². The van der Waals surface area contributed by atoms with Crippen LogP contribution in [0.25, 0.3) is 0 Å². The fourth-order valence-corrected chi connectivity index (χ4v) is 5.10. The van der Waals surface area contributed by atoms with Gasteiger partial charge in [-0.1, -0.05) is 11.6 Å². The molecule has 2 amide bonds. The van der Waals surface area contributed by atoms with Crippen molar-refractivity contribution in [1.29, 1.82) is 5.26 Å². The van der Waals surface area contributed by atoms with Gasteiger partial charge in [0.15, 0.2) is 6.61 Å². The molecular formula is C23H24ClN3O4S. The molecule has 0 bridgehead atoms. The molecule has 168 valence electrons. The van der Waals surface area contributed by atoms with Crippen molar-refractivity contribution < 1.29 is 19.1 Å². The number of thiophene rings is 1. The second kappa shape index (κ2) is 10.6. The highest BCUT2D eigenvalue weighted by Crippen LogP contribution is 2.38. The number of nitrogens with zero attached hydrogens (tertiary/aromatic N) is 2. The molecule has 32 heavy (non-hydrogen) atoms. The lowest BCUT2D eigenvalue weighted by molar-refractivity contribution is -0.121. The van der Waals surface area contributed by atoms with Gasteiger partial charge in [0.05, 0.1) is 18.1 Å². The van der Waals surface area contributed by atoms with Gasteiger partial charge < -0.3 is 15.0 Å². The minimum Gasteiger partial charge on any atom is -0.452 e. The maximum absolute atomic E-state index is 12.9. The molecular weight excluding hydrogens is 450 g/mol. The van der Waals surface area contributed by atoms with Gasteiger partial charge >= 0.3 is 5.97 Å². The predicted octanol–water partition coefficient (Wildman–Crippen LogP) is 4.65. The van der Waals surface area contributed by atoms with E-state index in [1.165, 1.54) is 23.2 Å². The van der Waals surface area contributed by atoms with Crippen LogP contribution in [0.4, 0.5) is 10.7 Å². The first-order chi connectivity index (χ1) is 15.3. The number of nitriles is 1. The molecule has 1 aliphatic rings.